The van der Waals surface area contributed by atoms with Crippen LogP contribution in [0, 0.1) is 13.1 Å². The molecule has 4 heterocycles. The molecule has 0 bridgehead atoms. The number of hydrogen-bond acceptors (Lipinski definition) is 6. The van der Waals surface area contributed by atoms with Gasteiger partial charge in [0.1, 0.15) is 18.0 Å². The smallest absolute Gasteiger partial charge is 0.261 e. The van der Waals surface area contributed by atoms with Crippen molar-refractivity contribution in [1.82, 2.24) is 25.0 Å². The van der Waals surface area contributed by atoms with Gasteiger partial charge in [-0.25, -0.2) is 22.8 Å². The van der Waals surface area contributed by atoms with Crippen LogP contribution in [0.2, 0.25) is 10.0 Å². The lowest BCUT2D eigenvalue weighted by Gasteiger charge is -2.34. The molecule has 12 heteroatoms. The number of aromatic nitrogens is 3. The first kappa shape index (κ1) is 33.0. The van der Waals surface area contributed by atoms with Gasteiger partial charge in [-0.1, -0.05) is 23.2 Å². The highest BCUT2D eigenvalue weighted by Gasteiger charge is 2.44. The van der Waals surface area contributed by atoms with Crippen molar-refractivity contribution in [2.45, 2.75) is 43.3 Å². The number of rotatable bonds is 6. The van der Waals surface area contributed by atoms with Gasteiger partial charge in [-0.3, -0.25) is 4.79 Å². The van der Waals surface area contributed by atoms with Crippen molar-refractivity contribution in [2.24, 2.45) is 0 Å². The predicted molar refractivity (Wildman–Crippen MR) is 178 cm³/mol. The first-order valence-electron chi connectivity index (χ1n) is 15.0. The van der Waals surface area contributed by atoms with Crippen LogP contribution in [-0.2, 0) is 22.4 Å². The molecule has 0 atom stereocenters. The van der Waals surface area contributed by atoms with E-state index in [-0.39, 0.29) is 12.5 Å². The number of pyridine rings is 1. The van der Waals surface area contributed by atoms with E-state index in [1.165, 1.54) is 0 Å². The van der Waals surface area contributed by atoms with E-state index in [1.807, 2.05) is 42.5 Å². The Morgan fingerprint density at radius 2 is 1.48 bits per heavy atom. The maximum atomic E-state index is 12.8. The minimum absolute atomic E-state index is 0.0204. The Balaban J connectivity index is 0.000000209. The van der Waals surface area contributed by atoms with E-state index in [9.17, 15) is 4.79 Å². The molecular weight excluding hydrogens is 625 g/mol. The van der Waals surface area contributed by atoms with Crippen LogP contribution in [0.15, 0.2) is 60.9 Å². The largest absolute Gasteiger partial charge is 0.495 e. The molecule has 46 heavy (non-hydrogen) atoms. The van der Waals surface area contributed by atoms with E-state index in [2.05, 4.69) is 25.1 Å². The summed E-state index contributed by atoms with van der Waals surface area (Å²) in [7, 11) is 3.16. The number of halogens is 2. The molecule has 2 aromatic heterocycles. The highest BCUT2D eigenvalue weighted by atomic mass is 35.5. The molecule has 2 saturated heterocycles. The molecule has 2 aliphatic rings. The van der Waals surface area contributed by atoms with E-state index in [0.717, 1.165) is 42.4 Å². The Bertz CT molecular complexity index is 1780. The Morgan fingerprint density at radius 1 is 0.913 bits per heavy atom. The van der Waals surface area contributed by atoms with Crippen LogP contribution in [0.4, 0.5) is 0 Å². The fraction of sp³-hybridized carbons (Fsp3) is 0.382. The van der Waals surface area contributed by atoms with Crippen molar-refractivity contribution in [3.63, 3.8) is 0 Å². The molecule has 1 amide bonds. The molecule has 6 rings (SSSR count). The Labute approximate surface area is 278 Å². The van der Waals surface area contributed by atoms with Crippen molar-refractivity contribution in [2.75, 3.05) is 40.4 Å². The molecule has 1 N–H and O–H groups in total. The normalized spacial score (nSPS) is 16.8. The van der Waals surface area contributed by atoms with Crippen LogP contribution in [0.3, 0.4) is 0 Å². The maximum absolute atomic E-state index is 12.8. The van der Waals surface area contributed by atoms with Gasteiger partial charge in [-0.2, -0.15) is 5.10 Å². The SMILES string of the molecule is [C-]#[N+]C1(c2ccc(Cl)c(OC)c2)CCN(C(=O)Cn2ncc3cccnc32)CC1.[C-]#[N+]C1(c2ccc(Cl)c(OC)c2)CCNCC1. The number of carbonyl (C=O) groups excluding carboxylic acids is 1. The van der Waals surface area contributed by atoms with Crippen LogP contribution >= 0.6 is 23.2 Å². The van der Waals surface area contributed by atoms with Gasteiger partial charge in [0.2, 0.25) is 5.91 Å². The molecule has 2 aliphatic heterocycles. The second-order valence-corrected chi connectivity index (χ2v) is 12.1. The summed E-state index contributed by atoms with van der Waals surface area (Å²) in [5, 5.41) is 9.58. The number of benzene rings is 2. The second kappa shape index (κ2) is 14.4. The zero-order valence-corrected chi connectivity index (χ0v) is 27.3. The van der Waals surface area contributed by atoms with Crippen molar-refractivity contribution in [1.29, 1.82) is 0 Å². The van der Waals surface area contributed by atoms with Crippen molar-refractivity contribution in [3.05, 3.63) is 105 Å². The molecule has 2 aromatic carbocycles. The first-order chi connectivity index (χ1) is 22.3. The molecular formula is C34H35Cl2N7O3. The van der Waals surface area contributed by atoms with E-state index < -0.39 is 11.1 Å². The summed E-state index contributed by atoms with van der Waals surface area (Å²) in [5.74, 6) is 1.18. The lowest BCUT2D eigenvalue weighted by Crippen LogP contribution is -2.45. The van der Waals surface area contributed by atoms with Gasteiger partial charge in [0.15, 0.2) is 5.65 Å². The first-order valence-corrected chi connectivity index (χ1v) is 15.7. The Morgan fingerprint density at radius 3 is 2.02 bits per heavy atom. The summed E-state index contributed by atoms with van der Waals surface area (Å²) in [6, 6.07) is 14.9. The zero-order chi connectivity index (χ0) is 32.7. The molecule has 0 radical (unpaired) electrons. The lowest BCUT2D eigenvalue weighted by molar-refractivity contribution is -0.133. The summed E-state index contributed by atoms with van der Waals surface area (Å²) in [6.45, 7) is 18.2. The number of nitrogens with zero attached hydrogens (tertiary/aromatic N) is 6. The maximum Gasteiger partial charge on any atom is 0.261 e. The molecule has 0 aliphatic carbocycles. The van der Waals surface area contributed by atoms with Gasteiger partial charge in [-0.05, 0) is 48.5 Å². The molecule has 238 valence electrons. The Hall–Kier alpha value is -4.35. The van der Waals surface area contributed by atoms with Gasteiger partial charge >= 0.3 is 0 Å². The summed E-state index contributed by atoms with van der Waals surface area (Å²) < 4.78 is 12.1. The molecule has 10 nitrogen and oxygen atoms in total. The van der Waals surface area contributed by atoms with Gasteiger partial charge in [0, 0.05) is 74.6 Å². The third-order valence-electron chi connectivity index (χ3n) is 8.86. The van der Waals surface area contributed by atoms with E-state index in [4.69, 9.17) is 45.8 Å². The average molecular weight is 661 g/mol. The fourth-order valence-electron chi connectivity index (χ4n) is 6.05. The highest BCUT2D eigenvalue weighted by molar-refractivity contribution is 6.32. The predicted octanol–water partition coefficient (Wildman–Crippen LogP) is 6.38. The van der Waals surface area contributed by atoms with Crippen molar-refractivity contribution in [3.8, 4) is 11.5 Å². The number of nitrogens with one attached hydrogen (secondary N) is 1. The number of carbonyl (C=O) groups is 1. The van der Waals surface area contributed by atoms with Crippen LogP contribution in [0.5, 0.6) is 11.5 Å². The minimum atomic E-state index is -0.672. The third kappa shape index (κ3) is 6.75. The lowest BCUT2D eigenvalue weighted by atomic mass is 9.81. The number of fused-ring (bicyclic) bond motifs is 1. The standard InChI is InChI=1S/C21H20ClN5O2.C13H15ClN2O/c1-23-21(16-5-6-17(22)18(12-16)29-2)7-10-26(11-8-21)19(28)14-27-20-15(13-25-27)4-3-9-24-20;1-15-13(5-7-16-8-6-13)10-3-4-11(14)12(9-10)17-2/h3-6,9,12-13H,7-8,10-11,14H2,2H3;3-4,9,16H,5-8H2,2H3. The topological polar surface area (TPSA) is 90.2 Å². The van der Waals surface area contributed by atoms with Gasteiger partial charge < -0.3 is 29.4 Å². The van der Waals surface area contributed by atoms with Gasteiger partial charge in [-0.15, -0.1) is 0 Å². The fourth-order valence-corrected chi connectivity index (χ4v) is 6.44. The molecule has 0 unspecified atom stereocenters. The Kier molecular flexibility index (Phi) is 10.3. The number of likely N-dealkylation sites (tertiary alicyclic amines) is 1. The van der Waals surface area contributed by atoms with Crippen molar-refractivity contribution >= 4 is 40.1 Å². The van der Waals surface area contributed by atoms with E-state index in [0.29, 0.717) is 53.1 Å². The molecule has 2 fully saturated rings. The average Bonchev–Trinajstić information content (AvgIpc) is 3.51. The number of hydrogen-bond donors (Lipinski definition) is 1. The summed E-state index contributed by atoms with van der Waals surface area (Å²) in [6.07, 6.45) is 6.19. The number of piperidine rings is 2. The third-order valence-corrected chi connectivity index (χ3v) is 9.49. The quantitative estimate of drug-likeness (QED) is 0.242. The van der Waals surface area contributed by atoms with Crippen LogP contribution in [0.1, 0.15) is 36.8 Å². The van der Waals surface area contributed by atoms with Crippen LogP contribution in [0.25, 0.3) is 20.7 Å². The van der Waals surface area contributed by atoms with Crippen LogP contribution < -0.4 is 14.8 Å². The number of ether oxygens (including phenoxy) is 2. The summed E-state index contributed by atoms with van der Waals surface area (Å²) in [5.41, 5.74) is 1.50. The number of methoxy groups -OCH3 is 2. The molecule has 0 spiro atoms. The van der Waals surface area contributed by atoms with Crippen LogP contribution in [-0.4, -0.2) is 66.0 Å². The van der Waals surface area contributed by atoms with Gasteiger partial charge in [0.05, 0.1) is 30.5 Å². The monoisotopic (exact) mass is 659 g/mol. The minimum Gasteiger partial charge on any atom is -0.495 e. The summed E-state index contributed by atoms with van der Waals surface area (Å²) in [4.78, 5) is 26.7. The zero-order valence-electron chi connectivity index (χ0n) is 25.8. The highest BCUT2D eigenvalue weighted by Crippen LogP contribution is 2.41. The van der Waals surface area contributed by atoms with Gasteiger partial charge in [0.25, 0.3) is 11.1 Å². The van der Waals surface area contributed by atoms with E-state index >= 15 is 0 Å². The van der Waals surface area contributed by atoms with Crippen molar-refractivity contribution < 1.29 is 14.3 Å². The second-order valence-electron chi connectivity index (χ2n) is 11.3. The molecule has 0 saturated carbocycles. The van der Waals surface area contributed by atoms with E-state index in [1.54, 1.807) is 42.3 Å². The summed E-state index contributed by atoms with van der Waals surface area (Å²) >= 11 is 12.1. The molecule has 4 aromatic rings. The number of amides is 1.